The zero-order valence-electron chi connectivity index (χ0n) is 33.3. The number of benzene rings is 3. The largest absolute Gasteiger partial charge is 0.486 e. The number of ether oxygens (including phenoxy) is 1. The van der Waals surface area contributed by atoms with Gasteiger partial charge >= 0.3 is 0 Å². The molecule has 1 saturated carbocycles. The van der Waals surface area contributed by atoms with E-state index in [4.69, 9.17) is 26.4 Å². The molecule has 6 heterocycles. The number of hydrogen-bond donors (Lipinski definition) is 1. The molecule has 0 radical (unpaired) electrons. The minimum absolute atomic E-state index is 0.0359. The van der Waals surface area contributed by atoms with E-state index >= 15 is 0 Å². The zero-order valence-corrected chi connectivity index (χ0v) is 34.0. The average molecular weight is 838 g/mol. The lowest BCUT2D eigenvalue weighted by molar-refractivity contribution is -0.136. The lowest BCUT2D eigenvalue weighted by Gasteiger charge is -2.27. The van der Waals surface area contributed by atoms with Gasteiger partial charge in [0.25, 0.3) is 11.8 Å². The fourth-order valence-corrected chi connectivity index (χ4v) is 8.59. The number of amides is 4. The molecule has 0 bridgehead atoms. The number of carbonyl (C=O) groups is 4. The van der Waals surface area contributed by atoms with Crippen molar-refractivity contribution >= 4 is 40.9 Å². The van der Waals surface area contributed by atoms with Crippen LogP contribution in [0.25, 0.3) is 16.8 Å². The van der Waals surface area contributed by atoms with E-state index in [0.717, 1.165) is 95.3 Å². The normalized spacial score (nSPS) is 17.5. The molecule has 3 aromatic heterocycles. The van der Waals surface area contributed by atoms with E-state index in [1.807, 2.05) is 42.1 Å². The van der Waals surface area contributed by atoms with Gasteiger partial charge in [0.05, 0.1) is 34.9 Å². The number of nitrogens with one attached hydrogen (secondary N) is 1. The van der Waals surface area contributed by atoms with Gasteiger partial charge in [0.2, 0.25) is 11.8 Å². The molecule has 10 rings (SSSR count). The highest BCUT2D eigenvalue weighted by Gasteiger charge is 2.51. The van der Waals surface area contributed by atoms with E-state index in [0.29, 0.717) is 17.3 Å². The molecule has 4 aliphatic rings. The third-order valence-electron chi connectivity index (χ3n) is 11.8. The number of hydrogen-bond acceptors (Lipinski definition) is 11. The van der Waals surface area contributed by atoms with Crippen LogP contribution in [-0.2, 0) is 34.8 Å². The number of carbonyl (C=O) groups excluding carboxylic acids is 4. The lowest BCUT2D eigenvalue weighted by atomic mass is 9.96. The Bertz CT molecular complexity index is 2780. The third-order valence-corrected chi connectivity index (χ3v) is 12.0. The first-order valence-corrected chi connectivity index (χ1v) is 20.9. The summed E-state index contributed by atoms with van der Waals surface area (Å²) in [6.07, 6.45) is 11.7. The van der Waals surface area contributed by atoms with Crippen molar-refractivity contribution < 1.29 is 23.9 Å². The molecular formula is C44H40ClN11O5. The first kappa shape index (κ1) is 38.4. The Morgan fingerprint density at radius 3 is 2.41 bits per heavy atom. The van der Waals surface area contributed by atoms with Crippen molar-refractivity contribution in [3.8, 4) is 22.6 Å². The maximum atomic E-state index is 13.4. The Hall–Kier alpha value is -6.81. The monoisotopic (exact) mass is 837 g/mol. The number of rotatable bonds is 13. The molecule has 4 amide bonds. The number of piperidine rings is 1. The number of aliphatic imine (C=N–C) groups is 1. The van der Waals surface area contributed by atoms with Crippen molar-refractivity contribution in [2.45, 2.75) is 89.6 Å². The van der Waals surface area contributed by atoms with Crippen LogP contribution < -0.4 is 10.1 Å². The first-order valence-electron chi connectivity index (χ1n) is 20.5. The van der Waals surface area contributed by atoms with Crippen molar-refractivity contribution in [2.24, 2.45) is 4.99 Å². The van der Waals surface area contributed by atoms with Crippen LogP contribution in [0.5, 0.6) is 5.75 Å². The number of aryl methyl sites for hydroxylation is 3. The molecule has 1 spiro atoms. The predicted octanol–water partition coefficient (Wildman–Crippen LogP) is 5.77. The standard InChI is InChI=1S/C44H40ClN11O5/c1-26-49-51-43-44(17-18-44)48-39(27-9-12-30(45)13-10-27)33-21-28(11-14-34(33)55(26)43)29-22-46-53(23-29)19-4-2-3-5-20-54-24-31(50-52-54)25-61-36-8-6-7-32-38(36)42(60)56(41(32)59)35-15-16-37(57)47-40(35)58/h6-14,21-24,35H,2-5,15-20,25H2,1H3,(H,47,57,58). The summed E-state index contributed by atoms with van der Waals surface area (Å²) in [5, 5.41) is 25.1. The van der Waals surface area contributed by atoms with E-state index < -0.39 is 29.7 Å². The first-order chi connectivity index (χ1) is 29.7. The third kappa shape index (κ3) is 7.09. The summed E-state index contributed by atoms with van der Waals surface area (Å²) in [5.74, 6) is -0.359. The Morgan fingerprint density at radius 2 is 1.62 bits per heavy atom. The molecule has 1 unspecified atom stereocenters. The van der Waals surface area contributed by atoms with Gasteiger partial charge in [0, 0.05) is 47.4 Å². The Morgan fingerprint density at radius 1 is 0.836 bits per heavy atom. The topological polar surface area (TPSA) is 184 Å². The van der Waals surface area contributed by atoms with Gasteiger partial charge < -0.3 is 4.74 Å². The van der Waals surface area contributed by atoms with Crippen LogP contribution in [0.3, 0.4) is 0 Å². The summed E-state index contributed by atoms with van der Waals surface area (Å²) < 4.78 is 11.9. The minimum atomic E-state index is -1.05. The summed E-state index contributed by atoms with van der Waals surface area (Å²) >= 11 is 6.28. The second-order valence-electron chi connectivity index (χ2n) is 15.9. The molecule has 6 aromatic rings. The summed E-state index contributed by atoms with van der Waals surface area (Å²) in [6, 6.07) is 18.0. The number of nitrogens with zero attached hydrogens (tertiary/aromatic N) is 10. The summed E-state index contributed by atoms with van der Waals surface area (Å²) in [4.78, 5) is 56.9. The highest BCUT2D eigenvalue weighted by molar-refractivity contribution is 6.30. The van der Waals surface area contributed by atoms with Crippen molar-refractivity contribution in [3.05, 3.63) is 124 Å². The maximum absolute atomic E-state index is 13.4. The molecule has 3 aromatic carbocycles. The minimum Gasteiger partial charge on any atom is -0.486 e. The van der Waals surface area contributed by atoms with Crippen molar-refractivity contribution in [1.82, 2.24) is 49.8 Å². The molecule has 2 fully saturated rings. The molecule has 1 saturated heterocycles. The fourth-order valence-electron chi connectivity index (χ4n) is 8.46. The second-order valence-corrected chi connectivity index (χ2v) is 16.4. The van der Waals surface area contributed by atoms with E-state index in [1.165, 1.54) is 6.07 Å². The van der Waals surface area contributed by atoms with Gasteiger partial charge in [-0.15, -0.1) is 15.3 Å². The molecule has 308 valence electrons. The number of unbranched alkanes of at least 4 members (excludes halogenated alkanes) is 3. The van der Waals surface area contributed by atoms with Crippen molar-refractivity contribution in [1.29, 1.82) is 0 Å². The van der Waals surface area contributed by atoms with Crippen LogP contribution in [-0.4, -0.2) is 79.8 Å². The molecule has 1 aliphatic carbocycles. The lowest BCUT2D eigenvalue weighted by Crippen LogP contribution is -2.54. The van der Waals surface area contributed by atoms with E-state index in [2.05, 4.69) is 54.8 Å². The zero-order chi connectivity index (χ0) is 41.8. The van der Waals surface area contributed by atoms with Gasteiger partial charge in [0.1, 0.15) is 35.5 Å². The van der Waals surface area contributed by atoms with E-state index in [-0.39, 0.29) is 41.9 Å². The molecule has 16 nitrogen and oxygen atoms in total. The SMILES string of the molecule is Cc1nnc2n1-c1ccc(-c3cnn(CCCCCCn4cc(COc5cccc6c5C(=O)N(C5CCC(=O)NC5=O)C6=O)nn4)c3)cc1C(c1ccc(Cl)cc1)=NC21CC1. The van der Waals surface area contributed by atoms with Gasteiger partial charge in [-0.2, -0.15) is 5.10 Å². The molecule has 1 atom stereocenters. The smallest absolute Gasteiger partial charge is 0.266 e. The second kappa shape index (κ2) is 15.3. The van der Waals surface area contributed by atoms with Gasteiger partial charge in [0.15, 0.2) is 5.82 Å². The van der Waals surface area contributed by atoms with Crippen LogP contribution in [0.4, 0.5) is 0 Å². The van der Waals surface area contributed by atoms with Crippen LogP contribution in [0.1, 0.15) is 101 Å². The number of aromatic nitrogens is 8. The molecule has 1 N–H and O–H groups in total. The Kier molecular flexibility index (Phi) is 9.65. The maximum Gasteiger partial charge on any atom is 0.266 e. The van der Waals surface area contributed by atoms with Crippen molar-refractivity contribution in [2.75, 3.05) is 0 Å². The van der Waals surface area contributed by atoms with Crippen LogP contribution in [0.2, 0.25) is 5.02 Å². The quantitative estimate of drug-likeness (QED) is 0.111. The fraction of sp³-hybridized carbons (Fsp3) is 0.318. The van der Waals surface area contributed by atoms with Crippen LogP contribution in [0, 0.1) is 6.92 Å². The van der Waals surface area contributed by atoms with E-state index in [9.17, 15) is 19.2 Å². The number of fused-ring (bicyclic) bond motifs is 5. The highest BCUT2D eigenvalue weighted by Crippen LogP contribution is 2.52. The van der Waals surface area contributed by atoms with Crippen LogP contribution >= 0.6 is 11.6 Å². The summed E-state index contributed by atoms with van der Waals surface area (Å²) in [7, 11) is 0. The van der Waals surface area contributed by atoms with Gasteiger partial charge in [-0.25, -0.2) is 0 Å². The highest BCUT2D eigenvalue weighted by atomic mass is 35.5. The van der Waals surface area contributed by atoms with Crippen LogP contribution in [0.15, 0.2) is 84.2 Å². The predicted molar refractivity (Wildman–Crippen MR) is 221 cm³/mol. The molecule has 3 aliphatic heterocycles. The van der Waals surface area contributed by atoms with Crippen molar-refractivity contribution in [3.63, 3.8) is 0 Å². The van der Waals surface area contributed by atoms with Gasteiger partial charge in [-0.1, -0.05) is 53.9 Å². The Balaban J connectivity index is 0.728. The van der Waals surface area contributed by atoms with Gasteiger partial charge in [-0.05, 0) is 81.0 Å². The van der Waals surface area contributed by atoms with Gasteiger partial charge in [-0.3, -0.25) is 48.3 Å². The number of imide groups is 2. The van der Waals surface area contributed by atoms with E-state index in [1.54, 1.807) is 23.0 Å². The number of halogens is 1. The molecular weight excluding hydrogens is 798 g/mol. The average Bonchev–Trinajstić information content (AvgIpc) is 3.55. The summed E-state index contributed by atoms with van der Waals surface area (Å²) in [5.41, 5.74) is 6.48. The Labute approximate surface area is 354 Å². The molecule has 17 heteroatoms. The summed E-state index contributed by atoms with van der Waals surface area (Å²) in [6.45, 7) is 3.50. The molecule has 61 heavy (non-hydrogen) atoms.